The van der Waals surface area contributed by atoms with Crippen molar-refractivity contribution in [2.45, 2.75) is 38.4 Å². The minimum absolute atomic E-state index is 0.0103. The van der Waals surface area contributed by atoms with Gasteiger partial charge in [-0.05, 0) is 57.2 Å². The van der Waals surface area contributed by atoms with Crippen LogP contribution in [0.1, 0.15) is 30.8 Å². The van der Waals surface area contributed by atoms with E-state index in [-0.39, 0.29) is 30.2 Å². The monoisotopic (exact) mass is 385 g/mol. The van der Waals surface area contributed by atoms with Gasteiger partial charge in [-0.3, -0.25) is 9.59 Å². The summed E-state index contributed by atoms with van der Waals surface area (Å²) in [6, 6.07) is 7.59. The first kappa shape index (κ1) is 18.8. The van der Waals surface area contributed by atoms with Crippen molar-refractivity contribution in [2.75, 3.05) is 26.7 Å². The molecule has 7 nitrogen and oxygen atoms in total. The van der Waals surface area contributed by atoms with Crippen LogP contribution in [-0.2, 0) is 22.7 Å². The van der Waals surface area contributed by atoms with Crippen molar-refractivity contribution in [1.82, 2.24) is 14.7 Å². The minimum atomic E-state index is -0.308. The molecule has 150 valence electrons. The Hall–Kier alpha value is -2.54. The van der Waals surface area contributed by atoms with Gasteiger partial charge in [0, 0.05) is 19.0 Å². The summed E-state index contributed by atoms with van der Waals surface area (Å²) in [5, 5.41) is 0. The summed E-state index contributed by atoms with van der Waals surface area (Å²) in [6.07, 6.45) is 5.39. The van der Waals surface area contributed by atoms with Crippen LogP contribution in [0.3, 0.4) is 0 Å². The fourth-order valence-corrected chi connectivity index (χ4v) is 4.18. The van der Waals surface area contributed by atoms with E-state index in [1.165, 1.54) is 0 Å². The maximum absolute atomic E-state index is 13.4. The molecular formula is C21H27N3O4. The smallest absolute Gasteiger partial charge is 0.228 e. The third-order valence-corrected chi connectivity index (χ3v) is 5.81. The first-order chi connectivity index (χ1) is 13.6. The van der Waals surface area contributed by atoms with E-state index in [9.17, 15) is 9.59 Å². The molecule has 2 aromatic rings. The van der Waals surface area contributed by atoms with Crippen molar-refractivity contribution in [3.63, 3.8) is 0 Å². The Morgan fingerprint density at radius 2 is 1.82 bits per heavy atom. The Morgan fingerprint density at radius 3 is 2.46 bits per heavy atom. The number of piperidine rings is 1. The van der Waals surface area contributed by atoms with Crippen LogP contribution in [0.25, 0.3) is 0 Å². The third-order valence-electron chi connectivity index (χ3n) is 5.81. The molecule has 4 rings (SSSR count). The Balaban J connectivity index is 1.46. The van der Waals surface area contributed by atoms with Gasteiger partial charge < -0.3 is 23.5 Å². The molecule has 2 aliphatic rings. The number of rotatable bonds is 6. The predicted molar refractivity (Wildman–Crippen MR) is 102 cm³/mol. The zero-order chi connectivity index (χ0) is 19.5. The molecule has 0 bridgehead atoms. The normalized spacial score (nSPS) is 21.4. The van der Waals surface area contributed by atoms with E-state index in [4.69, 9.17) is 8.83 Å². The second-order valence-electron chi connectivity index (χ2n) is 7.83. The average molecular weight is 385 g/mol. The van der Waals surface area contributed by atoms with Crippen molar-refractivity contribution in [2.24, 2.45) is 5.92 Å². The molecule has 4 heterocycles. The van der Waals surface area contributed by atoms with Crippen LogP contribution < -0.4 is 0 Å². The molecule has 2 aromatic heterocycles. The summed E-state index contributed by atoms with van der Waals surface area (Å²) >= 11 is 0. The predicted octanol–water partition coefficient (Wildman–Crippen LogP) is 2.34. The van der Waals surface area contributed by atoms with E-state index in [1.54, 1.807) is 17.4 Å². The Kier molecular flexibility index (Phi) is 5.52. The van der Waals surface area contributed by atoms with Crippen molar-refractivity contribution in [3.8, 4) is 0 Å². The maximum Gasteiger partial charge on any atom is 0.228 e. The lowest BCUT2D eigenvalue weighted by Crippen LogP contribution is -2.48. The molecule has 0 radical (unpaired) electrons. The van der Waals surface area contributed by atoms with Crippen LogP contribution in [0, 0.1) is 5.92 Å². The number of hydrogen-bond donors (Lipinski definition) is 0. The number of carbonyl (C=O) groups excluding carboxylic acids is 2. The van der Waals surface area contributed by atoms with Gasteiger partial charge in [-0.15, -0.1) is 0 Å². The number of nitrogens with zero attached hydrogens (tertiary/aromatic N) is 3. The maximum atomic E-state index is 13.4. The van der Waals surface area contributed by atoms with E-state index >= 15 is 0 Å². The van der Waals surface area contributed by atoms with Gasteiger partial charge in [-0.2, -0.15) is 0 Å². The number of carbonyl (C=O) groups is 2. The summed E-state index contributed by atoms with van der Waals surface area (Å²) in [7, 11) is 2.11. The van der Waals surface area contributed by atoms with Crippen LogP contribution in [0.15, 0.2) is 45.6 Å². The van der Waals surface area contributed by atoms with E-state index in [0.717, 1.165) is 37.5 Å². The van der Waals surface area contributed by atoms with E-state index in [0.29, 0.717) is 19.6 Å². The molecule has 2 saturated heterocycles. The highest BCUT2D eigenvalue weighted by atomic mass is 16.3. The first-order valence-corrected chi connectivity index (χ1v) is 9.91. The van der Waals surface area contributed by atoms with Crippen LogP contribution in [0.2, 0.25) is 0 Å². The Labute approximate surface area is 164 Å². The van der Waals surface area contributed by atoms with Gasteiger partial charge in [0.1, 0.15) is 11.5 Å². The summed E-state index contributed by atoms with van der Waals surface area (Å²) in [6.45, 7) is 3.27. The van der Waals surface area contributed by atoms with Gasteiger partial charge in [0.2, 0.25) is 11.8 Å². The van der Waals surface area contributed by atoms with Crippen molar-refractivity contribution in [1.29, 1.82) is 0 Å². The van der Waals surface area contributed by atoms with Crippen LogP contribution in [0.5, 0.6) is 0 Å². The fourth-order valence-electron chi connectivity index (χ4n) is 4.18. The summed E-state index contributed by atoms with van der Waals surface area (Å²) in [5.41, 5.74) is 0. The fraction of sp³-hybridized carbons (Fsp3) is 0.524. The second kappa shape index (κ2) is 8.22. The number of furan rings is 2. The van der Waals surface area contributed by atoms with Gasteiger partial charge >= 0.3 is 0 Å². The van der Waals surface area contributed by atoms with Crippen molar-refractivity contribution >= 4 is 11.8 Å². The molecule has 2 amide bonds. The van der Waals surface area contributed by atoms with E-state index in [2.05, 4.69) is 11.9 Å². The highest BCUT2D eigenvalue weighted by molar-refractivity contribution is 5.89. The Bertz CT molecular complexity index is 779. The molecule has 0 aromatic carbocycles. The lowest BCUT2D eigenvalue weighted by Gasteiger charge is -2.38. The highest BCUT2D eigenvalue weighted by Gasteiger charge is 2.39. The molecule has 28 heavy (non-hydrogen) atoms. The van der Waals surface area contributed by atoms with Crippen LogP contribution in [0.4, 0.5) is 0 Å². The summed E-state index contributed by atoms with van der Waals surface area (Å²) in [4.78, 5) is 31.8. The molecule has 0 N–H and O–H groups in total. The average Bonchev–Trinajstić information content (AvgIpc) is 3.44. The molecule has 2 fully saturated rings. The molecular weight excluding hydrogens is 358 g/mol. The number of likely N-dealkylation sites (tertiary alicyclic amines) is 2. The van der Waals surface area contributed by atoms with Crippen LogP contribution in [-0.4, -0.2) is 59.2 Å². The van der Waals surface area contributed by atoms with E-state index in [1.807, 2.05) is 29.2 Å². The highest BCUT2D eigenvalue weighted by Crippen LogP contribution is 2.27. The van der Waals surface area contributed by atoms with Gasteiger partial charge in [-0.1, -0.05) is 0 Å². The molecule has 7 heteroatoms. The molecule has 1 unspecified atom stereocenters. The molecule has 0 spiro atoms. The molecule has 2 aliphatic heterocycles. The summed E-state index contributed by atoms with van der Waals surface area (Å²) in [5.74, 6) is 1.28. The standard InChI is InChI=1S/C21H27N3O4/c1-22-8-6-17(7-9-22)24(15-19-5-3-11-28-19)21(26)16-12-20(25)23(13-16)14-18-4-2-10-27-18/h2-5,10-11,16-17H,6-9,12-15H2,1H3. The van der Waals surface area contributed by atoms with Gasteiger partial charge in [0.15, 0.2) is 0 Å². The summed E-state index contributed by atoms with van der Waals surface area (Å²) < 4.78 is 10.9. The molecule has 0 aliphatic carbocycles. The van der Waals surface area contributed by atoms with Gasteiger partial charge in [0.25, 0.3) is 0 Å². The SMILES string of the molecule is CN1CCC(N(Cc2ccco2)C(=O)C2CC(=O)N(Cc3ccco3)C2)CC1. The van der Waals surface area contributed by atoms with Crippen molar-refractivity contribution < 1.29 is 18.4 Å². The lowest BCUT2D eigenvalue weighted by atomic mass is 9.99. The zero-order valence-corrected chi connectivity index (χ0v) is 16.3. The lowest BCUT2D eigenvalue weighted by molar-refractivity contribution is -0.140. The van der Waals surface area contributed by atoms with Crippen LogP contribution >= 0.6 is 0 Å². The van der Waals surface area contributed by atoms with E-state index < -0.39 is 0 Å². The number of amides is 2. The van der Waals surface area contributed by atoms with Gasteiger partial charge in [0.05, 0.1) is 31.5 Å². The quantitative estimate of drug-likeness (QED) is 0.763. The zero-order valence-electron chi connectivity index (χ0n) is 16.3. The van der Waals surface area contributed by atoms with Gasteiger partial charge in [-0.25, -0.2) is 0 Å². The number of hydrogen-bond acceptors (Lipinski definition) is 5. The molecule has 1 atom stereocenters. The second-order valence-corrected chi connectivity index (χ2v) is 7.83. The Morgan fingerprint density at radius 1 is 1.14 bits per heavy atom. The molecule has 0 saturated carbocycles. The minimum Gasteiger partial charge on any atom is -0.467 e. The largest absolute Gasteiger partial charge is 0.467 e. The van der Waals surface area contributed by atoms with Crippen molar-refractivity contribution in [3.05, 3.63) is 48.3 Å². The topological polar surface area (TPSA) is 70.1 Å². The first-order valence-electron chi connectivity index (χ1n) is 9.91. The third kappa shape index (κ3) is 4.14.